The van der Waals surface area contributed by atoms with Crippen molar-refractivity contribution in [2.24, 2.45) is 0 Å². The van der Waals surface area contributed by atoms with Gasteiger partial charge in [0.25, 0.3) is 5.91 Å². The molecule has 1 aliphatic rings. The van der Waals surface area contributed by atoms with Gasteiger partial charge < -0.3 is 9.64 Å². The van der Waals surface area contributed by atoms with Crippen LogP contribution in [0.5, 0.6) is 5.75 Å². The second kappa shape index (κ2) is 8.63. The lowest BCUT2D eigenvalue weighted by Crippen LogP contribution is -2.51. The first-order valence-corrected chi connectivity index (χ1v) is 11.2. The Morgan fingerprint density at radius 2 is 1.71 bits per heavy atom. The molecule has 0 radical (unpaired) electrons. The number of hydrogen-bond acceptors (Lipinski definition) is 4. The maximum Gasteiger partial charge on any atom is 0.260 e. The SMILES string of the molecule is Cc1ccc(S(=O)(=O)N2CCN(C(=O)COc3ccccc3Br)CC2)cc1C. The molecule has 3 rings (SSSR count). The zero-order valence-electron chi connectivity index (χ0n) is 15.9. The van der Waals surface area contributed by atoms with Crippen molar-refractivity contribution < 1.29 is 17.9 Å². The van der Waals surface area contributed by atoms with Gasteiger partial charge in [-0.15, -0.1) is 0 Å². The molecule has 0 aromatic heterocycles. The zero-order valence-corrected chi connectivity index (χ0v) is 18.3. The number of hydrogen-bond donors (Lipinski definition) is 0. The number of amides is 1. The van der Waals surface area contributed by atoms with E-state index < -0.39 is 10.0 Å². The van der Waals surface area contributed by atoms with E-state index in [2.05, 4.69) is 15.9 Å². The molecular weight excluding hydrogens is 444 g/mol. The fourth-order valence-corrected chi connectivity index (χ4v) is 4.90. The van der Waals surface area contributed by atoms with Gasteiger partial charge in [-0.2, -0.15) is 4.31 Å². The number of ether oxygens (including phenoxy) is 1. The van der Waals surface area contributed by atoms with Gasteiger partial charge in [0.15, 0.2) is 6.61 Å². The summed E-state index contributed by atoms with van der Waals surface area (Å²) in [6.07, 6.45) is 0. The average molecular weight is 467 g/mol. The fourth-order valence-electron chi connectivity index (χ4n) is 2.99. The Morgan fingerprint density at radius 1 is 1.04 bits per heavy atom. The summed E-state index contributed by atoms with van der Waals surface area (Å²) in [5.74, 6) is 0.450. The minimum atomic E-state index is -3.55. The molecule has 0 atom stereocenters. The predicted molar refractivity (Wildman–Crippen MR) is 111 cm³/mol. The number of rotatable bonds is 5. The molecule has 1 fully saturated rings. The van der Waals surface area contributed by atoms with E-state index in [9.17, 15) is 13.2 Å². The fraction of sp³-hybridized carbons (Fsp3) is 0.350. The quantitative estimate of drug-likeness (QED) is 0.679. The number of nitrogens with zero attached hydrogens (tertiary/aromatic N) is 2. The minimum absolute atomic E-state index is 0.0769. The van der Waals surface area contributed by atoms with E-state index in [-0.39, 0.29) is 25.6 Å². The Bertz CT molecular complexity index is 970. The highest BCUT2D eigenvalue weighted by Crippen LogP contribution is 2.24. The molecule has 2 aromatic rings. The lowest BCUT2D eigenvalue weighted by molar-refractivity contribution is -0.134. The number of benzene rings is 2. The lowest BCUT2D eigenvalue weighted by Gasteiger charge is -2.34. The number of sulfonamides is 1. The molecule has 0 N–H and O–H groups in total. The zero-order chi connectivity index (χ0) is 20.3. The largest absolute Gasteiger partial charge is 0.483 e. The number of para-hydroxylation sites is 1. The number of aryl methyl sites for hydroxylation is 2. The van der Waals surface area contributed by atoms with Crippen LogP contribution in [0.4, 0.5) is 0 Å². The summed E-state index contributed by atoms with van der Waals surface area (Å²) in [6, 6.07) is 12.5. The third kappa shape index (κ3) is 4.56. The Labute approximate surface area is 174 Å². The van der Waals surface area contributed by atoms with Crippen LogP contribution in [0.15, 0.2) is 51.8 Å². The Kier molecular flexibility index (Phi) is 6.42. The summed E-state index contributed by atoms with van der Waals surface area (Å²) in [6.45, 7) is 5.02. The third-order valence-electron chi connectivity index (χ3n) is 4.90. The van der Waals surface area contributed by atoms with Crippen molar-refractivity contribution in [3.8, 4) is 5.75 Å². The van der Waals surface area contributed by atoms with Crippen LogP contribution in [0.25, 0.3) is 0 Å². The molecule has 0 saturated carbocycles. The number of halogens is 1. The molecule has 0 unspecified atom stereocenters. The maximum atomic E-state index is 12.9. The topological polar surface area (TPSA) is 66.9 Å². The van der Waals surface area contributed by atoms with Gasteiger partial charge in [0.2, 0.25) is 10.0 Å². The monoisotopic (exact) mass is 466 g/mol. The predicted octanol–water partition coefficient (Wildman–Crippen LogP) is 2.98. The average Bonchev–Trinajstić information content (AvgIpc) is 2.69. The van der Waals surface area contributed by atoms with Gasteiger partial charge in [-0.25, -0.2) is 8.42 Å². The van der Waals surface area contributed by atoms with E-state index in [4.69, 9.17) is 4.74 Å². The highest BCUT2D eigenvalue weighted by atomic mass is 79.9. The van der Waals surface area contributed by atoms with Crippen molar-refractivity contribution in [3.05, 3.63) is 58.1 Å². The van der Waals surface area contributed by atoms with Crippen LogP contribution in [-0.4, -0.2) is 56.3 Å². The minimum Gasteiger partial charge on any atom is -0.483 e. The highest BCUT2D eigenvalue weighted by molar-refractivity contribution is 9.10. The van der Waals surface area contributed by atoms with Gasteiger partial charge >= 0.3 is 0 Å². The molecule has 6 nitrogen and oxygen atoms in total. The van der Waals surface area contributed by atoms with Crippen molar-refractivity contribution in [2.75, 3.05) is 32.8 Å². The first-order valence-electron chi connectivity index (χ1n) is 9.01. The van der Waals surface area contributed by atoms with E-state index in [1.807, 2.05) is 38.1 Å². The van der Waals surface area contributed by atoms with Gasteiger partial charge in [-0.05, 0) is 65.2 Å². The molecule has 1 aliphatic heterocycles. The summed E-state index contributed by atoms with van der Waals surface area (Å²) in [5, 5.41) is 0. The summed E-state index contributed by atoms with van der Waals surface area (Å²) >= 11 is 3.38. The van der Waals surface area contributed by atoms with E-state index in [0.29, 0.717) is 23.7 Å². The Balaban J connectivity index is 1.58. The normalized spacial score (nSPS) is 15.5. The molecule has 8 heteroatoms. The van der Waals surface area contributed by atoms with E-state index in [1.165, 1.54) is 4.31 Å². The summed E-state index contributed by atoms with van der Waals surface area (Å²) in [7, 11) is -3.55. The van der Waals surface area contributed by atoms with Crippen molar-refractivity contribution >= 4 is 31.9 Å². The Hall–Kier alpha value is -1.90. The van der Waals surface area contributed by atoms with E-state index in [0.717, 1.165) is 15.6 Å². The maximum absolute atomic E-state index is 12.9. The first-order chi connectivity index (χ1) is 13.3. The van der Waals surface area contributed by atoms with Gasteiger partial charge in [0.05, 0.1) is 9.37 Å². The Morgan fingerprint density at radius 3 is 2.36 bits per heavy atom. The number of carbonyl (C=O) groups excluding carboxylic acids is 1. The van der Waals surface area contributed by atoms with Crippen LogP contribution in [0, 0.1) is 13.8 Å². The highest BCUT2D eigenvalue weighted by Gasteiger charge is 2.30. The summed E-state index contributed by atoms with van der Waals surface area (Å²) in [5.41, 5.74) is 2.00. The second-order valence-corrected chi connectivity index (χ2v) is 9.54. The molecule has 1 saturated heterocycles. The standard InChI is InChI=1S/C20H23BrN2O4S/c1-15-7-8-17(13-16(15)2)28(25,26)23-11-9-22(10-12-23)20(24)14-27-19-6-4-3-5-18(19)21/h3-8,13H,9-12,14H2,1-2H3. The smallest absolute Gasteiger partial charge is 0.260 e. The van der Waals surface area contributed by atoms with Crippen LogP contribution in [-0.2, 0) is 14.8 Å². The second-order valence-electron chi connectivity index (χ2n) is 6.75. The molecule has 28 heavy (non-hydrogen) atoms. The van der Waals surface area contributed by atoms with Gasteiger partial charge in [-0.1, -0.05) is 18.2 Å². The molecule has 1 amide bonds. The molecule has 1 heterocycles. The molecule has 0 bridgehead atoms. The van der Waals surface area contributed by atoms with Crippen LogP contribution in [0.3, 0.4) is 0 Å². The molecule has 150 valence electrons. The van der Waals surface area contributed by atoms with Gasteiger partial charge in [0.1, 0.15) is 5.75 Å². The lowest BCUT2D eigenvalue weighted by atomic mass is 10.1. The summed E-state index contributed by atoms with van der Waals surface area (Å²) < 4.78 is 33.5. The van der Waals surface area contributed by atoms with E-state index in [1.54, 1.807) is 23.1 Å². The van der Waals surface area contributed by atoms with Crippen molar-refractivity contribution in [3.63, 3.8) is 0 Å². The van der Waals surface area contributed by atoms with Crippen LogP contribution in [0.1, 0.15) is 11.1 Å². The summed E-state index contributed by atoms with van der Waals surface area (Å²) in [4.78, 5) is 14.3. The van der Waals surface area contributed by atoms with Crippen molar-refractivity contribution in [1.82, 2.24) is 9.21 Å². The third-order valence-corrected chi connectivity index (χ3v) is 7.45. The van der Waals surface area contributed by atoms with Crippen LogP contribution >= 0.6 is 15.9 Å². The van der Waals surface area contributed by atoms with Gasteiger partial charge in [0, 0.05) is 26.2 Å². The molecule has 2 aromatic carbocycles. The van der Waals surface area contributed by atoms with Crippen molar-refractivity contribution in [1.29, 1.82) is 0 Å². The first kappa shape index (κ1) is 20.8. The molecular formula is C20H23BrN2O4S. The molecule has 0 aliphatic carbocycles. The van der Waals surface area contributed by atoms with E-state index >= 15 is 0 Å². The van der Waals surface area contributed by atoms with Crippen LogP contribution in [0.2, 0.25) is 0 Å². The van der Waals surface area contributed by atoms with Crippen LogP contribution < -0.4 is 4.74 Å². The number of piperazine rings is 1. The van der Waals surface area contributed by atoms with Gasteiger partial charge in [-0.3, -0.25) is 4.79 Å². The van der Waals surface area contributed by atoms with Crippen molar-refractivity contribution in [2.45, 2.75) is 18.7 Å². The molecule has 0 spiro atoms. The number of carbonyl (C=O) groups is 1.